The van der Waals surface area contributed by atoms with Gasteiger partial charge in [-0.1, -0.05) is 0 Å². The maximum absolute atomic E-state index is 8.89. The average molecular weight is 214 g/mol. The molecule has 2 aromatic rings. The average Bonchev–Trinajstić information content (AvgIpc) is 2.80. The van der Waals surface area contributed by atoms with Crippen molar-refractivity contribution in [3.8, 4) is 6.07 Å². The number of nitrogens with zero attached hydrogens (tertiary/aromatic N) is 3. The molecule has 0 amide bonds. The molecule has 0 spiro atoms. The molecule has 2 heterocycles. The van der Waals surface area contributed by atoms with Gasteiger partial charge in [-0.25, -0.2) is 9.97 Å². The van der Waals surface area contributed by atoms with Crippen LogP contribution in [0.1, 0.15) is 11.3 Å². The quantitative estimate of drug-likeness (QED) is 0.703. The Kier molecular flexibility index (Phi) is 2.69. The van der Waals surface area contributed by atoms with E-state index in [-0.39, 0.29) is 0 Å². The van der Waals surface area contributed by atoms with Gasteiger partial charge in [0.1, 0.15) is 11.9 Å². The van der Waals surface area contributed by atoms with E-state index in [1.165, 1.54) is 6.20 Å². The predicted molar refractivity (Wildman–Crippen MR) is 59.3 cm³/mol. The Morgan fingerprint density at radius 3 is 3.06 bits per heavy atom. The van der Waals surface area contributed by atoms with Gasteiger partial charge >= 0.3 is 0 Å². The molecule has 0 atom stereocenters. The minimum atomic E-state index is 0.430. The lowest BCUT2D eigenvalue weighted by Gasteiger charge is -2.05. The molecule has 0 fully saturated rings. The van der Waals surface area contributed by atoms with Crippen LogP contribution in [0, 0.1) is 11.3 Å². The van der Waals surface area contributed by atoms with Crippen molar-refractivity contribution in [3.05, 3.63) is 36.0 Å². The maximum atomic E-state index is 8.89. The van der Waals surface area contributed by atoms with Crippen LogP contribution in [0.15, 0.2) is 24.8 Å². The molecule has 0 unspecified atom stereocenters. The van der Waals surface area contributed by atoms with E-state index in [1.54, 1.807) is 18.6 Å². The van der Waals surface area contributed by atoms with E-state index >= 15 is 0 Å². The number of aromatic nitrogens is 3. The van der Waals surface area contributed by atoms with E-state index < -0.39 is 0 Å². The number of hydrogen-bond donors (Lipinski definition) is 3. The highest BCUT2D eigenvalue weighted by Gasteiger charge is 2.03. The van der Waals surface area contributed by atoms with Crippen LogP contribution < -0.4 is 11.1 Å². The summed E-state index contributed by atoms with van der Waals surface area (Å²) in [5, 5.41) is 11.9. The van der Waals surface area contributed by atoms with Gasteiger partial charge in [0.15, 0.2) is 0 Å². The third-order valence-electron chi connectivity index (χ3n) is 2.03. The van der Waals surface area contributed by atoms with Crippen LogP contribution in [0.4, 0.5) is 11.5 Å². The van der Waals surface area contributed by atoms with Gasteiger partial charge in [-0.15, -0.1) is 0 Å². The smallest absolute Gasteiger partial charge is 0.144 e. The first-order valence-electron chi connectivity index (χ1n) is 4.66. The fourth-order valence-electron chi connectivity index (χ4n) is 1.27. The largest absolute Gasteiger partial charge is 0.397 e. The first kappa shape index (κ1) is 9.98. The van der Waals surface area contributed by atoms with Gasteiger partial charge in [-0.3, -0.25) is 0 Å². The third kappa shape index (κ3) is 2.09. The van der Waals surface area contributed by atoms with Crippen molar-refractivity contribution < 1.29 is 0 Å². The van der Waals surface area contributed by atoms with E-state index in [1.807, 2.05) is 6.07 Å². The number of anilines is 2. The fraction of sp³-hybridized carbons (Fsp3) is 0.100. The van der Waals surface area contributed by atoms with Crippen molar-refractivity contribution in [1.29, 1.82) is 5.26 Å². The second-order valence-corrected chi connectivity index (χ2v) is 3.21. The normalized spacial score (nSPS) is 9.69. The van der Waals surface area contributed by atoms with Crippen molar-refractivity contribution in [1.82, 2.24) is 15.0 Å². The Labute approximate surface area is 92.1 Å². The zero-order valence-electron chi connectivity index (χ0n) is 8.44. The molecule has 4 N–H and O–H groups in total. The van der Waals surface area contributed by atoms with E-state index in [2.05, 4.69) is 20.3 Å². The van der Waals surface area contributed by atoms with Gasteiger partial charge in [-0.05, 0) is 6.07 Å². The van der Waals surface area contributed by atoms with Crippen LogP contribution in [0.2, 0.25) is 0 Å². The SMILES string of the molecule is N#Cc1cc(N)cnc1NCc1cnc[nH]1. The van der Waals surface area contributed by atoms with Crippen LogP contribution in [0.25, 0.3) is 0 Å². The maximum Gasteiger partial charge on any atom is 0.144 e. The number of nitrogen functional groups attached to an aromatic ring is 1. The van der Waals surface area contributed by atoms with E-state index in [0.29, 0.717) is 23.6 Å². The van der Waals surface area contributed by atoms with Crippen LogP contribution in [-0.4, -0.2) is 15.0 Å². The van der Waals surface area contributed by atoms with Crippen LogP contribution in [0.5, 0.6) is 0 Å². The second kappa shape index (κ2) is 4.31. The number of rotatable bonds is 3. The minimum absolute atomic E-state index is 0.430. The standard InChI is InChI=1S/C10H10N6/c11-2-7-1-8(12)3-14-10(7)15-5-9-4-13-6-16-9/h1,3-4,6H,5,12H2,(H,13,16)(H,14,15). The van der Waals surface area contributed by atoms with Gasteiger partial charge in [0.2, 0.25) is 0 Å². The molecule has 0 aliphatic rings. The molecular weight excluding hydrogens is 204 g/mol. The first-order valence-corrected chi connectivity index (χ1v) is 4.66. The highest BCUT2D eigenvalue weighted by atomic mass is 15.0. The molecule has 80 valence electrons. The molecule has 0 aliphatic carbocycles. The van der Waals surface area contributed by atoms with E-state index in [9.17, 15) is 0 Å². The number of pyridine rings is 1. The number of nitrogens with one attached hydrogen (secondary N) is 2. The molecule has 0 aliphatic heterocycles. The van der Waals surface area contributed by atoms with Gasteiger partial charge < -0.3 is 16.0 Å². The summed E-state index contributed by atoms with van der Waals surface area (Å²) in [5.41, 5.74) is 7.36. The number of aromatic amines is 1. The number of H-pyrrole nitrogens is 1. The molecule has 0 aromatic carbocycles. The molecule has 6 heteroatoms. The molecule has 16 heavy (non-hydrogen) atoms. The summed E-state index contributed by atoms with van der Waals surface area (Å²) in [6, 6.07) is 3.62. The summed E-state index contributed by atoms with van der Waals surface area (Å²) in [6.07, 6.45) is 4.81. The molecule has 0 radical (unpaired) electrons. The Balaban J connectivity index is 2.13. The molecule has 0 saturated heterocycles. The van der Waals surface area contributed by atoms with Gasteiger partial charge in [0, 0.05) is 6.20 Å². The zero-order chi connectivity index (χ0) is 11.4. The van der Waals surface area contributed by atoms with Crippen molar-refractivity contribution in [2.75, 3.05) is 11.1 Å². The highest BCUT2D eigenvalue weighted by molar-refractivity contribution is 5.57. The van der Waals surface area contributed by atoms with E-state index in [4.69, 9.17) is 11.0 Å². The van der Waals surface area contributed by atoms with Crippen LogP contribution >= 0.6 is 0 Å². The van der Waals surface area contributed by atoms with Crippen molar-refractivity contribution in [2.24, 2.45) is 0 Å². The Bertz CT molecular complexity index is 511. The Morgan fingerprint density at radius 2 is 2.38 bits per heavy atom. The fourth-order valence-corrected chi connectivity index (χ4v) is 1.27. The van der Waals surface area contributed by atoms with Crippen LogP contribution in [0.3, 0.4) is 0 Å². The lowest BCUT2D eigenvalue weighted by Crippen LogP contribution is -2.04. The van der Waals surface area contributed by atoms with Gasteiger partial charge in [0.25, 0.3) is 0 Å². The summed E-state index contributed by atoms with van der Waals surface area (Å²) in [5.74, 6) is 0.520. The number of hydrogen-bond acceptors (Lipinski definition) is 5. The summed E-state index contributed by atoms with van der Waals surface area (Å²) in [6.45, 7) is 0.533. The Hall–Kier alpha value is -2.55. The molecule has 2 aromatic heterocycles. The van der Waals surface area contributed by atoms with Crippen molar-refractivity contribution in [2.45, 2.75) is 6.54 Å². The number of imidazole rings is 1. The van der Waals surface area contributed by atoms with Crippen molar-refractivity contribution in [3.63, 3.8) is 0 Å². The molecule has 0 bridgehead atoms. The minimum Gasteiger partial charge on any atom is -0.397 e. The second-order valence-electron chi connectivity index (χ2n) is 3.21. The monoisotopic (exact) mass is 214 g/mol. The summed E-state index contributed by atoms with van der Waals surface area (Å²) in [7, 11) is 0. The topological polar surface area (TPSA) is 103 Å². The molecular formula is C10H10N6. The lowest BCUT2D eigenvalue weighted by molar-refractivity contribution is 1.05. The molecule has 0 saturated carbocycles. The van der Waals surface area contributed by atoms with E-state index in [0.717, 1.165) is 5.69 Å². The number of nitrogens with two attached hydrogens (primary N) is 1. The Morgan fingerprint density at radius 1 is 1.50 bits per heavy atom. The van der Waals surface area contributed by atoms with Gasteiger partial charge in [-0.2, -0.15) is 5.26 Å². The highest BCUT2D eigenvalue weighted by Crippen LogP contribution is 2.14. The first-order chi connectivity index (χ1) is 7.79. The number of nitriles is 1. The summed E-state index contributed by atoms with van der Waals surface area (Å²) < 4.78 is 0. The predicted octanol–water partition coefficient (Wildman–Crippen LogP) is 0.871. The zero-order valence-corrected chi connectivity index (χ0v) is 8.44. The lowest BCUT2D eigenvalue weighted by atomic mass is 10.2. The molecule has 6 nitrogen and oxygen atoms in total. The van der Waals surface area contributed by atoms with Gasteiger partial charge in [0.05, 0.1) is 36.0 Å². The van der Waals surface area contributed by atoms with Crippen molar-refractivity contribution >= 4 is 11.5 Å². The van der Waals surface area contributed by atoms with Crippen LogP contribution in [-0.2, 0) is 6.54 Å². The summed E-state index contributed by atoms with van der Waals surface area (Å²) in [4.78, 5) is 10.9. The molecule has 2 rings (SSSR count). The summed E-state index contributed by atoms with van der Waals surface area (Å²) >= 11 is 0. The third-order valence-corrected chi connectivity index (χ3v) is 2.03.